The number of rotatable bonds is 6. The summed E-state index contributed by atoms with van der Waals surface area (Å²) in [5.41, 5.74) is 1.10. The lowest BCUT2D eigenvalue weighted by molar-refractivity contribution is 0.0215. The molecule has 0 radical (unpaired) electrons. The Kier molecular flexibility index (Phi) is 5.59. The fourth-order valence-corrected chi connectivity index (χ4v) is 2.48. The molecule has 1 aliphatic heterocycles. The van der Waals surface area contributed by atoms with Crippen molar-refractivity contribution in [3.63, 3.8) is 0 Å². The van der Waals surface area contributed by atoms with Crippen LogP contribution in [-0.2, 0) is 4.74 Å². The zero-order valence-electron chi connectivity index (χ0n) is 12.9. The predicted molar refractivity (Wildman–Crippen MR) is 82.4 cm³/mol. The second-order valence-corrected chi connectivity index (χ2v) is 5.50. The van der Waals surface area contributed by atoms with E-state index in [1.165, 1.54) is 12.8 Å². The van der Waals surface area contributed by atoms with Gasteiger partial charge in [0.15, 0.2) is 0 Å². The molecule has 1 atom stereocenters. The molecule has 1 saturated heterocycles. The number of hydrogen-bond donors (Lipinski definition) is 1. The molecule has 20 heavy (non-hydrogen) atoms. The lowest BCUT2D eigenvalue weighted by Crippen LogP contribution is -2.34. The van der Waals surface area contributed by atoms with E-state index in [4.69, 9.17) is 4.74 Å². The molecule has 1 unspecified atom stereocenters. The predicted octanol–water partition coefficient (Wildman–Crippen LogP) is 2.61. The summed E-state index contributed by atoms with van der Waals surface area (Å²) in [6, 6.07) is 0. The van der Waals surface area contributed by atoms with Crippen molar-refractivity contribution in [3.8, 4) is 0 Å². The van der Waals surface area contributed by atoms with Gasteiger partial charge in [0.2, 0.25) is 5.95 Å². The molecule has 0 spiro atoms. The summed E-state index contributed by atoms with van der Waals surface area (Å²) in [4.78, 5) is 11.1. The number of hydrogen-bond acceptors (Lipinski definition) is 5. The number of aromatic nitrogens is 2. The third-order valence-electron chi connectivity index (χ3n) is 3.59. The van der Waals surface area contributed by atoms with Gasteiger partial charge in [0.1, 0.15) is 5.82 Å². The van der Waals surface area contributed by atoms with Crippen LogP contribution in [-0.4, -0.2) is 42.8 Å². The highest BCUT2D eigenvalue weighted by atomic mass is 16.5. The summed E-state index contributed by atoms with van der Waals surface area (Å²) < 4.78 is 5.80. The van der Waals surface area contributed by atoms with Crippen LogP contribution in [0.3, 0.4) is 0 Å². The molecule has 1 N–H and O–H groups in total. The highest BCUT2D eigenvalue weighted by Gasteiger charge is 2.18. The van der Waals surface area contributed by atoms with Gasteiger partial charge >= 0.3 is 0 Å². The minimum absolute atomic E-state index is 0.329. The second kappa shape index (κ2) is 7.43. The lowest BCUT2D eigenvalue weighted by Gasteiger charge is -2.28. The van der Waals surface area contributed by atoms with Gasteiger partial charge in [-0.2, -0.15) is 4.98 Å². The van der Waals surface area contributed by atoms with Gasteiger partial charge in [-0.3, -0.25) is 0 Å². The molecule has 1 aliphatic rings. The highest BCUT2D eigenvalue weighted by Crippen LogP contribution is 2.20. The van der Waals surface area contributed by atoms with Crippen LogP contribution >= 0.6 is 0 Å². The van der Waals surface area contributed by atoms with Crippen LogP contribution in [0.5, 0.6) is 0 Å². The Labute approximate surface area is 121 Å². The first-order valence-corrected chi connectivity index (χ1v) is 7.61. The largest absolute Gasteiger partial charge is 0.376 e. The fourth-order valence-electron chi connectivity index (χ4n) is 2.48. The Morgan fingerprint density at radius 2 is 2.30 bits per heavy atom. The molecule has 0 amide bonds. The van der Waals surface area contributed by atoms with Crippen molar-refractivity contribution in [2.45, 2.75) is 45.6 Å². The fraction of sp³-hybridized carbons (Fsp3) is 0.733. The van der Waals surface area contributed by atoms with Crippen LogP contribution in [0.2, 0.25) is 0 Å². The van der Waals surface area contributed by atoms with Crippen LogP contribution in [0.4, 0.5) is 11.8 Å². The summed E-state index contributed by atoms with van der Waals surface area (Å²) >= 11 is 0. The van der Waals surface area contributed by atoms with E-state index in [2.05, 4.69) is 41.1 Å². The third kappa shape index (κ3) is 4.07. The lowest BCUT2D eigenvalue weighted by atomic mass is 10.1. The quantitative estimate of drug-likeness (QED) is 0.867. The molecule has 0 aromatic carbocycles. The summed E-state index contributed by atoms with van der Waals surface area (Å²) in [7, 11) is 2.08. The van der Waals surface area contributed by atoms with Crippen LogP contribution in [0, 0.1) is 6.92 Å². The first-order valence-electron chi connectivity index (χ1n) is 7.61. The van der Waals surface area contributed by atoms with Gasteiger partial charge in [-0.25, -0.2) is 4.98 Å². The van der Waals surface area contributed by atoms with Gasteiger partial charge in [0, 0.05) is 38.5 Å². The molecule has 2 heterocycles. The van der Waals surface area contributed by atoms with Gasteiger partial charge in [-0.15, -0.1) is 0 Å². The summed E-state index contributed by atoms with van der Waals surface area (Å²) in [6.45, 7) is 6.87. The van der Waals surface area contributed by atoms with Crippen molar-refractivity contribution in [2.75, 3.05) is 37.0 Å². The zero-order valence-corrected chi connectivity index (χ0v) is 12.9. The maximum atomic E-state index is 5.80. The smallest absolute Gasteiger partial charge is 0.224 e. The first-order chi connectivity index (χ1) is 9.70. The zero-order chi connectivity index (χ0) is 14.4. The average molecular weight is 278 g/mol. The topological polar surface area (TPSA) is 50.3 Å². The first kappa shape index (κ1) is 15.0. The van der Waals surface area contributed by atoms with Gasteiger partial charge in [0.05, 0.1) is 6.10 Å². The van der Waals surface area contributed by atoms with Crippen molar-refractivity contribution in [2.24, 2.45) is 0 Å². The van der Waals surface area contributed by atoms with Crippen LogP contribution in [0.1, 0.15) is 38.2 Å². The molecular weight excluding hydrogens is 252 g/mol. The standard InChI is InChI=1S/C15H26N4O/c1-4-8-16-15-17-10-12(2)14(18-15)19(3)11-13-7-5-6-9-20-13/h10,13H,4-9,11H2,1-3H3,(H,16,17,18). The molecule has 5 nitrogen and oxygen atoms in total. The number of ether oxygens (including phenoxy) is 1. The highest BCUT2D eigenvalue weighted by molar-refractivity contribution is 5.48. The molecular formula is C15H26N4O. The Hall–Kier alpha value is -1.36. The summed E-state index contributed by atoms with van der Waals surface area (Å²) in [6.07, 6.45) is 6.89. The Balaban J connectivity index is 2.01. The van der Waals surface area contributed by atoms with E-state index in [0.29, 0.717) is 12.1 Å². The Bertz CT molecular complexity index is 418. The minimum atomic E-state index is 0.329. The van der Waals surface area contributed by atoms with E-state index in [1.807, 2.05) is 6.20 Å². The number of nitrogens with one attached hydrogen (secondary N) is 1. The maximum Gasteiger partial charge on any atom is 0.224 e. The molecule has 1 aromatic heterocycles. The van der Waals surface area contributed by atoms with Crippen molar-refractivity contribution in [1.82, 2.24) is 9.97 Å². The monoisotopic (exact) mass is 278 g/mol. The van der Waals surface area contributed by atoms with E-state index in [9.17, 15) is 0 Å². The molecule has 0 bridgehead atoms. The van der Waals surface area contributed by atoms with E-state index in [0.717, 1.165) is 43.9 Å². The number of aryl methyl sites for hydroxylation is 1. The third-order valence-corrected chi connectivity index (χ3v) is 3.59. The molecule has 1 fully saturated rings. The summed E-state index contributed by atoms with van der Waals surface area (Å²) in [5, 5.41) is 3.24. The number of nitrogens with zero attached hydrogens (tertiary/aromatic N) is 3. The van der Waals surface area contributed by atoms with E-state index < -0.39 is 0 Å². The normalized spacial score (nSPS) is 18.9. The Morgan fingerprint density at radius 1 is 1.45 bits per heavy atom. The van der Waals surface area contributed by atoms with Gasteiger partial charge in [0.25, 0.3) is 0 Å². The number of anilines is 2. The van der Waals surface area contributed by atoms with E-state index in [1.54, 1.807) is 0 Å². The van der Waals surface area contributed by atoms with Crippen LogP contribution < -0.4 is 10.2 Å². The molecule has 1 aromatic rings. The maximum absolute atomic E-state index is 5.80. The van der Waals surface area contributed by atoms with E-state index in [-0.39, 0.29) is 0 Å². The van der Waals surface area contributed by atoms with Crippen LogP contribution in [0.15, 0.2) is 6.20 Å². The molecule has 5 heteroatoms. The summed E-state index contributed by atoms with van der Waals surface area (Å²) in [5.74, 6) is 1.71. The number of likely N-dealkylation sites (N-methyl/N-ethyl adjacent to an activating group) is 1. The second-order valence-electron chi connectivity index (χ2n) is 5.50. The SMILES string of the molecule is CCCNc1ncc(C)c(N(C)CC2CCCCO2)n1. The molecule has 112 valence electrons. The average Bonchev–Trinajstić information content (AvgIpc) is 2.47. The Morgan fingerprint density at radius 3 is 3.00 bits per heavy atom. The van der Waals surface area contributed by atoms with Crippen molar-refractivity contribution in [3.05, 3.63) is 11.8 Å². The van der Waals surface area contributed by atoms with Gasteiger partial charge in [-0.1, -0.05) is 6.92 Å². The molecule has 0 aliphatic carbocycles. The van der Waals surface area contributed by atoms with Crippen molar-refractivity contribution < 1.29 is 4.74 Å². The van der Waals surface area contributed by atoms with Crippen molar-refractivity contribution >= 4 is 11.8 Å². The molecule has 0 saturated carbocycles. The van der Waals surface area contributed by atoms with E-state index >= 15 is 0 Å². The van der Waals surface area contributed by atoms with Gasteiger partial charge in [-0.05, 0) is 32.6 Å². The van der Waals surface area contributed by atoms with Crippen molar-refractivity contribution in [1.29, 1.82) is 0 Å². The minimum Gasteiger partial charge on any atom is -0.376 e. The van der Waals surface area contributed by atoms with Crippen LogP contribution in [0.25, 0.3) is 0 Å². The molecule has 2 rings (SSSR count). The van der Waals surface area contributed by atoms with Gasteiger partial charge < -0.3 is 15.0 Å².